The molecule has 1 unspecified atom stereocenters. The predicted molar refractivity (Wildman–Crippen MR) is 88.1 cm³/mol. The molecule has 22 heavy (non-hydrogen) atoms. The van der Waals surface area contributed by atoms with Crippen LogP contribution in [0.2, 0.25) is 0 Å². The lowest BCUT2D eigenvalue weighted by Crippen LogP contribution is -2.10. The van der Waals surface area contributed by atoms with Crippen LogP contribution in [0.5, 0.6) is 0 Å². The van der Waals surface area contributed by atoms with Crippen LogP contribution < -0.4 is 0 Å². The first-order chi connectivity index (χ1) is 10.7. The molecule has 0 bridgehead atoms. The Morgan fingerprint density at radius 2 is 1.41 bits per heavy atom. The molecule has 0 saturated heterocycles. The molecule has 3 nitrogen and oxygen atoms in total. The second-order valence-electron chi connectivity index (χ2n) is 4.45. The number of benzene rings is 2. The van der Waals surface area contributed by atoms with Gasteiger partial charge in [-0.05, 0) is 5.56 Å². The summed E-state index contributed by atoms with van der Waals surface area (Å²) in [4.78, 5) is 11.9. The molecule has 0 spiro atoms. The Bertz CT molecular complexity index is 783. The molecule has 0 heterocycles. The highest BCUT2D eigenvalue weighted by Crippen LogP contribution is 2.28. The molecule has 2 aromatic carbocycles. The molecule has 106 valence electrons. The zero-order chi connectivity index (χ0) is 15.9. The van der Waals surface area contributed by atoms with Crippen molar-refractivity contribution in [1.82, 2.24) is 0 Å². The molecular formula is C18H11BrN2O. The summed E-state index contributed by atoms with van der Waals surface area (Å²) >= 11 is 3.24. The van der Waals surface area contributed by atoms with Crippen molar-refractivity contribution in [2.75, 3.05) is 0 Å². The zero-order valence-electron chi connectivity index (χ0n) is 11.5. The summed E-state index contributed by atoms with van der Waals surface area (Å²) < 4.78 is 0. The van der Waals surface area contributed by atoms with E-state index in [1.807, 2.05) is 18.2 Å². The summed E-state index contributed by atoms with van der Waals surface area (Å²) in [6.07, 6.45) is 0. The number of carbonyl (C=O) groups excluding carboxylic acids is 1. The number of carbonyl (C=O) groups is 1. The molecule has 0 aromatic heterocycles. The number of alkyl halides is 1. The van der Waals surface area contributed by atoms with Crippen LogP contribution in [-0.4, -0.2) is 10.6 Å². The molecule has 0 aliphatic carbocycles. The number of halogens is 1. The Labute approximate surface area is 137 Å². The second kappa shape index (κ2) is 7.36. The molecule has 0 aliphatic heterocycles. The van der Waals surface area contributed by atoms with Crippen LogP contribution in [0.3, 0.4) is 0 Å². The fourth-order valence-corrected chi connectivity index (χ4v) is 2.56. The lowest BCUT2D eigenvalue weighted by molar-refractivity contribution is 0.103. The first-order valence-electron chi connectivity index (χ1n) is 6.52. The minimum absolute atomic E-state index is 0.0270. The minimum Gasteiger partial charge on any atom is -0.288 e. The third-order valence-electron chi connectivity index (χ3n) is 3.10. The highest BCUT2D eigenvalue weighted by molar-refractivity contribution is 9.10. The Balaban J connectivity index is 2.64. The normalized spacial score (nSPS) is 12.5. The Morgan fingerprint density at radius 1 is 0.909 bits per heavy atom. The summed E-state index contributed by atoms with van der Waals surface area (Å²) in [6, 6.07) is 21.6. The van der Waals surface area contributed by atoms with Crippen molar-refractivity contribution in [3.63, 3.8) is 0 Å². The number of rotatable bonds is 4. The third kappa shape index (κ3) is 3.31. The van der Waals surface area contributed by atoms with E-state index in [0.717, 1.165) is 0 Å². The van der Waals surface area contributed by atoms with Crippen molar-refractivity contribution in [3.8, 4) is 12.1 Å². The van der Waals surface area contributed by atoms with Crippen molar-refractivity contribution in [2.24, 2.45) is 0 Å². The summed E-state index contributed by atoms with van der Waals surface area (Å²) in [5.74, 6) is -0.387. The van der Waals surface area contributed by atoms with Crippen LogP contribution in [0.15, 0.2) is 66.2 Å². The number of ketones is 1. The van der Waals surface area contributed by atoms with Crippen molar-refractivity contribution in [1.29, 1.82) is 10.5 Å². The van der Waals surface area contributed by atoms with E-state index in [-0.39, 0.29) is 11.4 Å². The van der Waals surface area contributed by atoms with Crippen molar-refractivity contribution in [3.05, 3.63) is 77.4 Å². The van der Waals surface area contributed by atoms with Gasteiger partial charge < -0.3 is 0 Å². The van der Waals surface area contributed by atoms with Gasteiger partial charge in [0.2, 0.25) is 5.78 Å². The molecule has 2 aromatic rings. The van der Waals surface area contributed by atoms with Crippen LogP contribution in [0.1, 0.15) is 15.9 Å². The highest BCUT2D eigenvalue weighted by Gasteiger charge is 2.23. The third-order valence-corrected chi connectivity index (χ3v) is 3.76. The molecule has 0 fully saturated rings. The largest absolute Gasteiger partial charge is 0.288 e. The Hall–Kier alpha value is -2.69. The van der Waals surface area contributed by atoms with Gasteiger partial charge in [0.1, 0.15) is 16.5 Å². The molecule has 0 aliphatic rings. The van der Waals surface area contributed by atoms with E-state index in [1.165, 1.54) is 0 Å². The fourth-order valence-electron chi connectivity index (χ4n) is 2.07. The first kappa shape index (κ1) is 15.7. The van der Waals surface area contributed by atoms with Gasteiger partial charge in [-0.25, -0.2) is 0 Å². The fraction of sp³-hybridized carbons (Fsp3) is 0.0556. The van der Waals surface area contributed by atoms with Crippen LogP contribution >= 0.6 is 15.9 Å². The van der Waals surface area contributed by atoms with Crippen LogP contribution in [0.4, 0.5) is 0 Å². The van der Waals surface area contributed by atoms with E-state index in [0.29, 0.717) is 16.7 Å². The number of hydrogen-bond donors (Lipinski definition) is 0. The molecule has 0 amide bonds. The molecule has 2 rings (SSSR count). The molecule has 0 N–H and O–H groups in total. The maximum absolute atomic E-state index is 12.6. The summed E-state index contributed by atoms with van der Waals surface area (Å²) in [6.45, 7) is 0. The van der Waals surface area contributed by atoms with E-state index in [1.54, 1.807) is 54.6 Å². The van der Waals surface area contributed by atoms with Gasteiger partial charge in [0, 0.05) is 11.1 Å². The minimum atomic E-state index is -0.739. The van der Waals surface area contributed by atoms with E-state index in [9.17, 15) is 15.3 Å². The van der Waals surface area contributed by atoms with Gasteiger partial charge in [0.15, 0.2) is 0 Å². The van der Waals surface area contributed by atoms with Crippen LogP contribution in [-0.2, 0) is 0 Å². The molecule has 0 radical (unpaired) electrons. The quantitative estimate of drug-likeness (QED) is 0.360. The monoisotopic (exact) mass is 350 g/mol. The second-order valence-corrected chi connectivity index (χ2v) is 5.37. The van der Waals surface area contributed by atoms with Crippen molar-refractivity contribution >= 4 is 27.3 Å². The van der Waals surface area contributed by atoms with Gasteiger partial charge in [-0.15, -0.1) is 0 Å². The number of nitrogens with zero attached hydrogens (tertiary/aromatic N) is 2. The number of Topliss-reactive ketones (excluding diaryl/α,β-unsaturated/α-hetero) is 1. The topological polar surface area (TPSA) is 64.7 Å². The van der Waals surface area contributed by atoms with E-state index in [2.05, 4.69) is 15.9 Å². The van der Waals surface area contributed by atoms with E-state index in [4.69, 9.17) is 0 Å². The lowest BCUT2D eigenvalue weighted by atomic mass is 9.93. The number of hydrogen-bond acceptors (Lipinski definition) is 3. The maximum Gasteiger partial charge on any atom is 0.203 e. The van der Waals surface area contributed by atoms with Gasteiger partial charge in [0.25, 0.3) is 0 Å². The summed E-state index contributed by atoms with van der Waals surface area (Å²) in [7, 11) is 0. The van der Waals surface area contributed by atoms with E-state index >= 15 is 0 Å². The average Bonchev–Trinajstić information content (AvgIpc) is 2.60. The summed E-state index contributed by atoms with van der Waals surface area (Å²) in [5.41, 5.74) is 1.46. The highest BCUT2D eigenvalue weighted by atomic mass is 79.9. The van der Waals surface area contributed by atoms with Crippen LogP contribution in [0, 0.1) is 22.7 Å². The molecule has 0 saturated carbocycles. The predicted octanol–water partition coefficient (Wildman–Crippen LogP) is 4.13. The molecule has 4 heteroatoms. The van der Waals surface area contributed by atoms with E-state index < -0.39 is 4.83 Å². The van der Waals surface area contributed by atoms with Crippen molar-refractivity contribution in [2.45, 2.75) is 4.83 Å². The van der Waals surface area contributed by atoms with Crippen LogP contribution in [0.25, 0.3) is 5.57 Å². The first-order valence-corrected chi connectivity index (χ1v) is 7.43. The summed E-state index contributed by atoms with van der Waals surface area (Å²) in [5, 5.41) is 18.7. The Kier molecular flexibility index (Phi) is 5.25. The maximum atomic E-state index is 12.6. The zero-order valence-corrected chi connectivity index (χ0v) is 13.1. The molecule has 1 atom stereocenters. The van der Waals surface area contributed by atoms with Crippen molar-refractivity contribution < 1.29 is 4.79 Å². The van der Waals surface area contributed by atoms with Gasteiger partial charge in [-0.2, -0.15) is 10.5 Å². The molecular weight excluding hydrogens is 340 g/mol. The lowest BCUT2D eigenvalue weighted by Gasteiger charge is -2.11. The van der Waals surface area contributed by atoms with Gasteiger partial charge in [0.05, 0.1) is 6.07 Å². The standard InChI is InChI=1S/C18H11BrN2O/c19-16(12-21)17(13-7-3-1-4-8-13)15(11-20)18(22)14-9-5-2-6-10-14/h1-10,16H/b17-15-. The Morgan fingerprint density at radius 3 is 1.86 bits per heavy atom. The number of nitriles is 2. The van der Waals surface area contributed by atoms with Gasteiger partial charge in [-0.3, -0.25) is 4.79 Å². The smallest absolute Gasteiger partial charge is 0.203 e. The van der Waals surface area contributed by atoms with Gasteiger partial charge in [-0.1, -0.05) is 76.6 Å². The number of allylic oxidation sites excluding steroid dienone is 2. The van der Waals surface area contributed by atoms with Gasteiger partial charge >= 0.3 is 0 Å². The average molecular weight is 351 g/mol. The SMILES string of the molecule is N#C/C(C(=O)c1ccccc1)=C(\c1ccccc1)C(Br)C#N.